The highest BCUT2D eigenvalue weighted by Crippen LogP contribution is 2.29. The second kappa shape index (κ2) is 4.97. The molecule has 0 aromatic rings. The van der Waals surface area contributed by atoms with Gasteiger partial charge in [0.05, 0.1) is 0 Å². The van der Waals surface area contributed by atoms with E-state index in [2.05, 4.69) is 25.8 Å². The van der Waals surface area contributed by atoms with Crippen molar-refractivity contribution in [2.75, 3.05) is 20.1 Å². The van der Waals surface area contributed by atoms with Gasteiger partial charge in [0.15, 0.2) is 0 Å². The van der Waals surface area contributed by atoms with Crippen LogP contribution >= 0.6 is 0 Å². The Kier molecular flexibility index (Phi) is 4.20. The molecule has 78 valence electrons. The van der Waals surface area contributed by atoms with E-state index in [-0.39, 0.29) is 0 Å². The molecule has 0 spiro atoms. The zero-order valence-electron chi connectivity index (χ0n) is 9.29. The molecule has 1 saturated carbocycles. The summed E-state index contributed by atoms with van der Waals surface area (Å²) in [5.74, 6) is 1.62. The van der Waals surface area contributed by atoms with Crippen LogP contribution in [0, 0.1) is 11.8 Å². The normalized spacial score (nSPS) is 19.8. The first-order valence-corrected chi connectivity index (χ1v) is 5.53. The third-order valence-corrected chi connectivity index (χ3v) is 2.97. The summed E-state index contributed by atoms with van der Waals surface area (Å²) in [6.45, 7) is 6.85. The number of nitrogens with two attached hydrogens (primary N) is 1. The minimum absolute atomic E-state index is 0.377. The summed E-state index contributed by atoms with van der Waals surface area (Å²) in [4.78, 5) is 2.43. The van der Waals surface area contributed by atoms with Gasteiger partial charge in [-0.05, 0) is 44.7 Å². The highest BCUT2D eigenvalue weighted by molar-refractivity contribution is 4.76. The minimum Gasteiger partial charge on any atom is -0.327 e. The van der Waals surface area contributed by atoms with Crippen molar-refractivity contribution in [2.24, 2.45) is 17.6 Å². The van der Waals surface area contributed by atoms with Crippen LogP contribution in [0.1, 0.15) is 33.1 Å². The van der Waals surface area contributed by atoms with Crippen molar-refractivity contribution in [3.8, 4) is 0 Å². The molecule has 1 fully saturated rings. The van der Waals surface area contributed by atoms with Crippen LogP contribution in [0.4, 0.5) is 0 Å². The lowest BCUT2D eigenvalue weighted by Crippen LogP contribution is -2.32. The number of hydrogen-bond donors (Lipinski definition) is 1. The van der Waals surface area contributed by atoms with E-state index < -0.39 is 0 Å². The maximum atomic E-state index is 5.98. The van der Waals surface area contributed by atoms with Crippen molar-refractivity contribution in [3.63, 3.8) is 0 Å². The highest BCUT2D eigenvalue weighted by Gasteiger charge is 2.22. The molecule has 0 aromatic heterocycles. The first-order chi connectivity index (χ1) is 6.09. The average molecular weight is 184 g/mol. The van der Waals surface area contributed by atoms with Crippen LogP contribution in [0.15, 0.2) is 0 Å². The van der Waals surface area contributed by atoms with E-state index >= 15 is 0 Å². The standard InChI is InChI=1S/C11H24N2/c1-9(2)11(12)6-7-13(3)8-10-4-5-10/h9-11H,4-8,12H2,1-3H3. The predicted octanol–water partition coefficient (Wildman–Crippen LogP) is 1.70. The molecule has 0 aromatic carbocycles. The Balaban J connectivity index is 2.02. The van der Waals surface area contributed by atoms with Crippen molar-refractivity contribution in [2.45, 2.75) is 39.2 Å². The fourth-order valence-electron chi connectivity index (χ4n) is 1.54. The van der Waals surface area contributed by atoms with Crippen molar-refractivity contribution >= 4 is 0 Å². The zero-order valence-corrected chi connectivity index (χ0v) is 9.29. The molecule has 2 N–H and O–H groups in total. The van der Waals surface area contributed by atoms with Crippen molar-refractivity contribution in [1.29, 1.82) is 0 Å². The SMILES string of the molecule is CC(C)C(N)CCN(C)CC1CC1. The second-order valence-corrected chi connectivity index (χ2v) is 4.90. The Morgan fingerprint density at radius 2 is 2.00 bits per heavy atom. The van der Waals surface area contributed by atoms with Gasteiger partial charge in [0.1, 0.15) is 0 Å². The molecule has 1 aliphatic carbocycles. The third kappa shape index (κ3) is 4.63. The third-order valence-electron chi connectivity index (χ3n) is 2.97. The lowest BCUT2D eigenvalue weighted by Gasteiger charge is -2.21. The quantitative estimate of drug-likeness (QED) is 0.681. The molecule has 0 amide bonds. The van der Waals surface area contributed by atoms with Gasteiger partial charge in [0, 0.05) is 12.6 Å². The van der Waals surface area contributed by atoms with E-state index in [0.717, 1.165) is 18.9 Å². The molecule has 2 nitrogen and oxygen atoms in total. The number of hydrogen-bond acceptors (Lipinski definition) is 2. The Morgan fingerprint density at radius 3 is 2.46 bits per heavy atom. The first kappa shape index (κ1) is 11.0. The van der Waals surface area contributed by atoms with Gasteiger partial charge in [-0.15, -0.1) is 0 Å². The van der Waals surface area contributed by atoms with Gasteiger partial charge in [0.2, 0.25) is 0 Å². The van der Waals surface area contributed by atoms with Gasteiger partial charge in [-0.1, -0.05) is 13.8 Å². The molecule has 1 aliphatic rings. The highest BCUT2D eigenvalue weighted by atomic mass is 15.1. The molecule has 0 bridgehead atoms. The molecule has 2 heteroatoms. The van der Waals surface area contributed by atoms with Crippen molar-refractivity contribution < 1.29 is 0 Å². The summed E-state index contributed by atoms with van der Waals surface area (Å²) in [5, 5.41) is 0. The topological polar surface area (TPSA) is 29.3 Å². The lowest BCUT2D eigenvalue weighted by molar-refractivity contribution is 0.293. The van der Waals surface area contributed by atoms with Gasteiger partial charge in [-0.2, -0.15) is 0 Å². The molecule has 0 radical (unpaired) electrons. The molecular formula is C11H24N2. The number of rotatable bonds is 6. The average Bonchev–Trinajstić information content (AvgIpc) is 2.83. The fraction of sp³-hybridized carbons (Fsp3) is 1.00. The van der Waals surface area contributed by atoms with Crippen LogP contribution in [0.2, 0.25) is 0 Å². The summed E-state index contributed by atoms with van der Waals surface area (Å²) in [6.07, 6.45) is 4.03. The van der Waals surface area contributed by atoms with E-state index in [1.165, 1.54) is 19.4 Å². The molecule has 1 unspecified atom stereocenters. The summed E-state index contributed by atoms with van der Waals surface area (Å²) >= 11 is 0. The summed E-state index contributed by atoms with van der Waals surface area (Å²) in [6, 6.07) is 0.377. The minimum atomic E-state index is 0.377. The van der Waals surface area contributed by atoms with Crippen LogP contribution in [-0.4, -0.2) is 31.1 Å². The van der Waals surface area contributed by atoms with Crippen LogP contribution in [0.25, 0.3) is 0 Å². The number of nitrogens with zero attached hydrogens (tertiary/aromatic N) is 1. The Hall–Kier alpha value is -0.0800. The van der Waals surface area contributed by atoms with E-state index in [1.54, 1.807) is 0 Å². The van der Waals surface area contributed by atoms with Crippen LogP contribution in [0.5, 0.6) is 0 Å². The fourth-order valence-corrected chi connectivity index (χ4v) is 1.54. The second-order valence-electron chi connectivity index (χ2n) is 4.90. The Morgan fingerprint density at radius 1 is 1.38 bits per heavy atom. The Labute approximate surface area is 82.5 Å². The van der Waals surface area contributed by atoms with Crippen LogP contribution in [0.3, 0.4) is 0 Å². The molecule has 1 atom stereocenters. The maximum absolute atomic E-state index is 5.98. The van der Waals surface area contributed by atoms with Gasteiger partial charge in [0.25, 0.3) is 0 Å². The predicted molar refractivity (Wildman–Crippen MR) is 57.7 cm³/mol. The van der Waals surface area contributed by atoms with E-state index in [0.29, 0.717) is 12.0 Å². The molecule has 0 aliphatic heterocycles. The first-order valence-electron chi connectivity index (χ1n) is 5.53. The van der Waals surface area contributed by atoms with Gasteiger partial charge < -0.3 is 10.6 Å². The zero-order chi connectivity index (χ0) is 9.84. The summed E-state index contributed by atoms with van der Waals surface area (Å²) in [5.41, 5.74) is 5.98. The van der Waals surface area contributed by atoms with E-state index in [4.69, 9.17) is 5.73 Å². The lowest BCUT2D eigenvalue weighted by atomic mass is 10.0. The Bertz CT molecular complexity index is 141. The maximum Gasteiger partial charge on any atom is 0.00740 e. The molecule has 1 rings (SSSR count). The van der Waals surface area contributed by atoms with Gasteiger partial charge in [-0.25, -0.2) is 0 Å². The summed E-state index contributed by atoms with van der Waals surface area (Å²) < 4.78 is 0. The van der Waals surface area contributed by atoms with E-state index in [9.17, 15) is 0 Å². The van der Waals surface area contributed by atoms with Gasteiger partial charge >= 0.3 is 0 Å². The molecule has 13 heavy (non-hydrogen) atoms. The van der Waals surface area contributed by atoms with Crippen LogP contribution < -0.4 is 5.73 Å². The summed E-state index contributed by atoms with van der Waals surface area (Å²) in [7, 11) is 2.21. The molecule has 0 heterocycles. The molecule has 0 saturated heterocycles. The van der Waals surface area contributed by atoms with Crippen LogP contribution in [-0.2, 0) is 0 Å². The van der Waals surface area contributed by atoms with E-state index in [1.807, 2.05) is 0 Å². The molecular weight excluding hydrogens is 160 g/mol. The monoisotopic (exact) mass is 184 g/mol. The van der Waals surface area contributed by atoms with Gasteiger partial charge in [-0.3, -0.25) is 0 Å². The largest absolute Gasteiger partial charge is 0.327 e. The smallest absolute Gasteiger partial charge is 0.00740 e. The van der Waals surface area contributed by atoms with Crippen molar-refractivity contribution in [1.82, 2.24) is 4.90 Å². The van der Waals surface area contributed by atoms with Crippen molar-refractivity contribution in [3.05, 3.63) is 0 Å².